The molecule has 39 heavy (non-hydrogen) atoms. The average molecular weight is 555 g/mol. The second-order valence-electron chi connectivity index (χ2n) is 8.99. The normalized spacial score (nSPS) is 11.2. The first-order valence-electron chi connectivity index (χ1n) is 12.2. The van der Waals surface area contributed by atoms with Gasteiger partial charge in [0.1, 0.15) is 18.2 Å². The van der Waals surface area contributed by atoms with Gasteiger partial charge in [0, 0.05) is 23.8 Å². The number of aryl methyl sites for hydroxylation is 1. The molecule has 0 aliphatic carbocycles. The van der Waals surface area contributed by atoms with Crippen LogP contribution >= 0.6 is 23.2 Å². The number of halogens is 2. The van der Waals surface area contributed by atoms with Crippen LogP contribution in [-0.4, -0.2) is 20.6 Å². The lowest BCUT2D eigenvalue weighted by Gasteiger charge is -2.08. The van der Waals surface area contributed by atoms with Gasteiger partial charge in [-0.25, -0.2) is 9.78 Å². The van der Waals surface area contributed by atoms with E-state index in [9.17, 15) is 4.79 Å². The van der Waals surface area contributed by atoms with Crippen LogP contribution in [0.15, 0.2) is 97.2 Å². The molecule has 0 aliphatic rings. The molecule has 0 atom stereocenters. The van der Waals surface area contributed by atoms with Crippen molar-refractivity contribution in [2.75, 3.05) is 0 Å². The summed E-state index contributed by atoms with van der Waals surface area (Å²) in [5.74, 6) is 0.619. The molecule has 1 aromatic heterocycles. The van der Waals surface area contributed by atoms with E-state index in [0.717, 1.165) is 45.1 Å². The van der Waals surface area contributed by atoms with Gasteiger partial charge in [-0.1, -0.05) is 77.8 Å². The summed E-state index contributed by atoms with van der Waals surface area (Å²) in [6.07, 6.45) is 5.95. The molecule has 5 nitrogen and oxygen atoms in total. The Balaban J connectivity index is 1.21. The largest absolute Gasteiger partial charge is 0.489 e. The van der Waals surface area contributed by atoms with Crippen molar-refractivity contribution in [1.82, 2.24) is 9.55 Å². The monoisotopic (exact) mass is 554 g/mol. The van der Waals surface area contributed by atoms with Gasteiger partial charge in [-0.2, -0.15) is 0 Å². The molecule has 0 fully saturated rings. The molecule has 0 amide bonds. The summed E-state index contributed by atoms with van der Waals surface area (Å²) in [6.45, 7) is 0.366. The Kier molecular flexibility index (Phi) is 7.82. The molecule has 1 N–H and O–H groups in total. The van der Waals surface area contributed by atoms with E-state index < -0.39 is 5.97 Å². The fourth-order valence-electron chi connectivity index (χ4n) is 4.07. The van der Waals surface area contributed by atoms with E-state index in [-0.39, 0.29) is 5.56 Å². The maximum Gasteiger partial charge on any atom is 0.335 e. The highest BCUT2D eigenvalue weighted by atomic mass is 35.5. The second kappa shape index (κ2) is 11.6. The lowest BCUT2D eigenvalue weighted by Crippen LogP contribution is -1.98. The minimum Gasteiger partial charge on any atom is -0.489 e. The average Bonchev–Trinajstić information content (AvgIpc) is 3.31. The predicted octanol–water partition coefficient (Wildman–Crippen LogP) is 8.51. The third kappa shape index (κ3) is 6.40. The molecule has 0 saturated heterocycles. The summed E-state index contributed by atoms with van der Waals surface area (Å²) in [5.41, 5.74) is 6.03. The van der Waals surface area contributed by atoms with Gasteiger partial charge < -0.3 is 14.4 Å². The van der Waals surface area contributed by atoms with E-state index in [4.69, 9.17) is 38.0 Å². The zero-order valence-corrected chi connectivity index (χ0v) is 22.5. The summed E-state index contributed by atoms with van der Waals surface area (Å²) in [6, 6.07) is 28.3. The Morgan fingerprint density at radius 3 is 2.21 bits per heavy atom. The zero-order valence-electron chi connectivity index (χ0n) is 21.0. The Labute approximate surface area is 236 Å². The first kappa shape index (κ1) is 26.3. The topological polar surface area (TPSA) is 64.4 Å². The van der Waals surface area contributed by atoms with Gasteiger partial charge in [0.25, 0.3) is 0 Å². The first-order chi connectivity index (χ1) is 18.9. The summed E-state index contributed by atoms with van der Waals surface area (Å²) in [5, 5.41) is 10.2. The number of hydrogen-bond acceptors (Lipinski definition) is 3. The SMILES string of the molecule is Cn1cc(-c2ccc(Cl)cc2Cl)nc1/C=C/c1ccc(-c2ccc(OCc3ccc(C(=O)O)cc3)cc2)cc1. The highest BCUT2D eigenvalue weighted by Crippen LogP contribution is 2.30. The van der Waals surface area contributed by atoms with E-state index in [2.05, 4.69) is 24.3 Å². The molecule has 7 heteroatoms. The van der Waals surface area contributed by atoms with E-state index in [1.165, 1.54) is 0 Å². The summed E-state index contributed by atoms with van der Waals surface area (Å²) >= 11 is 12.4. The van der Waals surface area contributed by atoms with Gasteiger partial charge in [0.15, 0.2) is 0 Å². The third-order valence-corrected chi connectivity index (χ3v) is 6.80. The third-order valence-electron chi connectivity index (χ3n) is 6.25. The van der Waals surface area contributed by atoms with Gasteiger partial charge in [-0.3, -0.25) is 0 Å². The lowest BCUT2D eigenvalue weighted by atomic mass is 10.0. The van der Waals surface area contributed by atoms with Gasteiger partial charge in [0.05, 0.1) is 16.3 Å². The van der Waals surface area contributed by atoms with Crippen molar-refractivity contribution in [1.29, 1.82) is 0 Å². The lowest BCUT2D eigenvalue weighted by molar-refractivity contribution is 0.0697. The maximum absolute atomic E-state index is 11.0. The maximum atomic E-state index is 11.0. The van der Waals surface area contributed by atoms with Gasteiger partial charge in [-0.05, 0) is 70.8 Å². The zero-order chi connectivity index (χ0) is 27.4. The molecular weight excluding hydrogens is 531 g/mol. The smallest absolute Gasteiger partial charge is 0.335 e. The van der Waals surface area contributed by atoms with Crippen LogP contribution in [-0.2, 0) is 13.7 Å². The molecule has 0 radical (unpaired) electrons. The first-order valence-corrected chi connectivity index (χ1v) is 12.9. The van der Waals surface area contributed by atoms with E-state index in [1.807, 2.05) is 60.3 Å². The molecule has 4 aromatic carbocycles. The molecule has 0 spiro atoms. The number of rotatable bonds is 8. The Morgan fingerprint density at radius 1 is 0.897 bits per heavy atom. The Hall–Kier alpha value is -4.32. The van der Waals surface area contributed by atoms with Crippen molar-refractivity contribution in [3.63, 3.8) is 0 Å². The number of imidazole rings is 1. The fraction of sp³-hybridized carbons (Fsp3) is 0.0625. The van der Waals surface area contributed by atoms with Crippen molar-refractivity contribution in [3.05, 3.63) is 130 Å². The summed E-state index contributed by atoms with van der Waals surface area (Å²) in [7, 11) is 1.95. The molecule has 194 valence electrons. The van der Waals surface area contributed by atoms with Crippen molar-refractivity contribution in [2.24, 2.45) is 7.05 Å². The van der Waals surface area contributed by atoms with E-state index in [0.29, 0.717) is 16.7 Å². The second-order valence-corrected chi connectivity index (χ2v) is 9.83. The van der Waals surface area contributed by atoms with Crippen LogP contribution in [0.3, 0.4) is 0 Å². The number of hydrogen-bond donors (Lipinski definition) is 1. The van der Waals surface area contributed by atoms with Crippen LogP contribution < -0.4 is 4.74 Å². The van der Waals surface area contributed by atoms with Crippen molar-refractivity contribution >= 4 is 41.3 Å². The summed E-state index contributed by atoms with van der Waals surface area (Å²) < 4.78 is 7.81. The number of nitrogens with zero attached hydrogens (tertiary/aromatic N) is 2. The number of benzene rings is 4. The van der Waals surface area contributed by atoms with Crippen molar-refractivity contribution < 1.29 is 14.6 Å². The van der Waals surface area contributed by atoms with Crippen molar-refractivity contribution in [2.45, 2.75) is 6.61 Å². The molecule has 1 heterocycles. The van der Waals surface area contributed by atoms with E-state index in [1.54, 1.807) is 36.4 Å². The van der Waals surface area contributed by atoms with Gasteiger partial charge in [-0.15, -0.1) is 0 Å². The quantitative estimate of drug-likeness (QED) is 0.209. The van der Waals surface area contributed by atoms with Crippen LogP contribution in [0.5, 0.6) is 5.75 Å². The van der Waals surface area contributed by atoms with Crippen molar-refractivity contribution in [3.8, 4) is 28.1 Å². The number of ether oxygens (including phenoxy) is 1. The van der Waals surface area contributed by atoms with Gasteiger partial charge >= 0.3 is 5.97 Å². The number of carbonyl (C=O) groups is 1. The van der Waals surface area contributed by atoms with Gasteiger partial charge in [0.2, 0.25) is 0 Å². The highest BCUT2D eigenvalue weighted by Gasteiger charge is 2.10. The minimum absolute atomic E-state index is 0.259. The minimum atomic E-state index is -0.940. The number of aromatic carboxylic acids is 1. The highest BCUT2D eigenvalue weighted by molar-refractivity contribution is 6.36. The molecule has 0 bridgehead atoms. The predicted molar refractivity (Wildman–Crippen MR) is 157 cm³/mol. The molecular formula is C32H24Cl2N2O3. The standard InChI is InChI=1S/C32H24Cl2N2O3/c1-36-19-30(28-16-13-26(33)18-29(28)34)35-31(36)17-6-21-2-7-23(8-3-21)24-11-14-27(15-12-24)39-20-22-4-9-25(10-5-22)32(37)38/h2-19H,20H2,1H3,(H,37,38)/b17-6+. The molecule has 5 rings (SSSR count). The number of carboxylic acids is 1. The van der Waals surface area contributed by atoms with Crippen LogP contribution in [0.1, 0.15) is 27.3 Å². The fourth-order valence-corrected chi connectivity index (χ4v) is 4.58. The number of aromatic nitrogens is 2. The van der Waals surface area contributed by atoms with Crippen LogP contribution in [0.2, 0.25) is 10.0 Å². The summed E-state index contributed by atoms with van der Waals surface area (Å²) in [4.78, 5) is 15.7. The molecule has 0 saturated carbocycles. The number of carboxylic acid groups (broad SMARTS) is 1. The Morgan fingerprint density at radius 2 is 1.56 bits per heavy atom. The Bertz CT molecular complexity index is 1640. The van der Waals surface area contributed by atoms with Crippen LogP contribution in [0.25, 0.3) is 34.5 Å². The van der Waals surface area contributed by atoms with Crippen LogP contribution in [0, 0.1) is 0 Å². The molecule has 5 aromatic rings. The molecule has 0 aliphatic heterocycles. The molecule has 0 unspecified atom stereocenters. The van der Waals surface area contributed by atoms with Crippen LogP contribution in [0.4, 0.5) is 0 Å². The van der Waals surface area contributed by atoms with E-state index >= 15 is 0 Å².